The summed E-state index contributed by atoms with van der Waals surface area (Å²) in [6.07, 6.45) is -3.22. The fraction of sp³-hybridized carbons (Fsp3) is 0.286. The Labute approximate surface area is 185 Å². The topological polar surface area (TPSA) is 75.1 Å². The molecule has 0 radical (unpaired) electrons. The molecule has 0 unspecified atom stereocenters. The number of hydrogen-bond donors (Lipinski definition) is 2. The van der Waals surface area contributed by atoms with Crippen molar-refractivity contribution >= 4 is 29.1 Å². The van der Waals surface area contributed by atoms with Crippen molar-refractivity contribution in [2.24, 2.45) is 0 Å². The Morgan fingerprint density at radius 1 is 1.06 bits per heavy atom. The van der Waals surface area contributed by atoms with Gasteiger partial charge in [0.15, 0.2) is 5.65 Å². The average molecular weight is 468 g/mol. The lowest BCUT2D eigenvalue weighted by Crippen LogP contribution is -2.28. The lowest BCUT2D eigenvalue weighted by atomic mass is 9.94. The van der Waals surface area contributed by atoms with Crippen LogP contribution in [0.2, 0.25) is 0 Å². The number of rotatable bonds is 2. The van der Waals surface area contributed by atoms with E-state index in [1.54, 1.807) is 0 Å². The van der Waals surface area contributed by atoms with Crippen LogP contribution in [0.3, 0.4) is 0 Å². The molecule has 1 saturated heterocycles. The molecule has 2 N–H and O–H groups in total. The normalized spacial score (nSPS) is 15.2. The second-order valence-corrected chi connectivity index (χ2v) is 7.60. The zero-order valence-electron chi connectivity index (χ0n) is 16.5. The molecule has 1 aliphatic rings. The Hall–Kier alpha value is -2.98. The van der Waals surface area contributed by atoms with E-state index in [4.69, 9.17) is 0 Å². The van der Waals surface area contributed by atoms with Crippen LogP contribution in [0.25, 0.3) is 27.9 Å². The van der Waals surface area contributed by atoms with E-state index in [1.165, 1.54) is 22.7 Å². The van der Waals surface area contributed by atoms with Gasteiger partial charge in [0, 0.05) is 17.5 Å². The fourth-order valence-corrected chi connectivity index (χ4v) is 4.14. The first-order valence-electron chi connectivity index (χ1n) is 9.82. The standard InChI is InChI=1S/C21H17F4N5O.ClH/c22-13-3-1-11(2-4-13)15-9-14(21(23,24)25)18-19(27-15)29-30-16(10-17(31)28-20(18)30)12-5-7-26-8-6-12;/h1-4,9-10,12,26H,5-8H2,(H,28,31);1H. The Balaban J connectivity index is 0.00000245. The second kappa shape index (κ2) is 8.18. The van der Waals surface area contributed by atoms with E-state index in [9.17, 15) is 22.4 Å². The molecule has 0 bridgehead atoms. The summed E-state index contributed by atoms with van der Waals surface area (Å²) >= 11 is 0. The van der Waals surface area contributed by atoms with Crippen molar-refractivity contribution in [2.75, 3.05) is 13.1 Å². The number of benzene rings is 1. The largest absolute Gasteiger partial charge is 0.417 e. The van der Waals surface area contributed by atoms with E-state index in [2.05, 4.69) is 20.4 Å². The number of halogens is 5. The number of hydrogen-bond acceptors (Lipinski definition) is 4. The Morgan fingerprint density at radius 3 is 2.41 bits per heavy atom. The predicted molar refractivity (Wildman–Crippen MR) is 114 cm³/mol. The van der Waals surface area contributed by atoms with Gasteiger partial charge < -0.3 is 10.3 Å². The smallest absolute Gasteiger partial charge is 0.317 e. The van der Waals surface area contributed by atoms with Crippen molar-refractivity contribution in [3.63, 3.8) is 0 Å². The summed E-state index contributed by atoms with van der Waals surface area (Å²) in [5.74, 6) is -0.510. The van der Waals surface area contributed by atoms with E-state index in [0.29, 0.717) is 11.3 Å². The molecule has 3 aromatic heterocycles. The summed E-state index contributed by atoms with van der Waals surface area (Å²) in [7, 11) is 0. The highest BCUT2D eigenvalue weighted by atomic mass is 35.5. The second-order valence-electron chi connectivity index (χ2n) is 7.60. The zero-order chi connectivity index (χ0) is 21.8. The highest BCUT2D eigenvalue weighted by Crippen LogP contribution is 2.38. The number of pyridine rings is 1. The molecule has 11 heteroatoms. The van der Waals surface area contributed by atoms with Gasteiger partial charge in [0.05, 0.1) is 22.3 Å². The monoisotopic (exact) mass is 467 g/mol. The summed E-state index contributed by atoms with van der Waals surface area (Å²) in [5.41, 5.74) is -0.683. The van der Waals surface area contributed by atoms with E-state index >= 15 is 0 Å². The summed E-state index contributed by atoms with van der Waals surface area (Å²) in [6.45, 7) is 1.50. The molecule has 6 nitrogen and oxygen atoms in total. The molecule has 1 aromatic carbocycles. The minimum Gasteiger partial charge on any atom is -0.317 e. The number of alkyl halides is 3. The number of piperidine rings is 1. The summed E-state index contributed by atoms with van der Waals surface area (Å²) in [4.78, 5) is 19.1. The average Bonchev–Trinajstić information content (AvgIpc) is 3.11. The third-order valence-corrected chi connectivity index (χ3v) is 5.61. The molecule has 0 atom stereocenters. The first-order valence-corrected chi connectivity index (χ1v) is 9.82. The quantitative estimate of drug-likeness (QED) is 0.431. The SMILES string of the molecule is Cl.O=c1cc(C2CCNCC2)n2nc3nc(-c4ccc(F)cc4)cc(C(F)(F)F)c3c2[nH]1. The number of nitrogens with one attached hydrogen (secondary N) is 2. The molecule has 168 valence electrons. The van der Waals surface area contributed by atoms with Gasteiger partial charge in [-0.2, -0.15) is 13.2 Å². The molecule has 0 aliphatic carbocycles. The van der Waals surface area contributed by atoms with Gasteiger partial charge in [-0.25, -0.2) is 13.9 Å². The maximum absolute atomic E-state index is 14.0. The van der Waals surface area contributed by atoms with Gasteiger partial charge in [-0.1, -0.05) is 0 Å². The van der Waals surface area contributed by atoms with Gasteiger partial charge in [0.25, 0.3) is 5.56 Å². The predicted octanol–water partition coefficient (Wildman–Crippen LogP) is 4.28. The van der Waals surface area contributed by atoms with Crippen LogP contribution >= 0.6 is 12.4 Å². The molecule has 1 fully saturated rings. The molecule has 0 saturated carbocycles. The first kappa shape index (κ1) is 22.2. The van der Waals surface area contributed by atoms with Gasteiger partial charge in [-0.15, -0.1) is 17.5 Å². The molecule has 5 rings (SSSR count). The molecule has 4 heterocycles. The summed E-state index contributed by atoms with van der Waals surface area (Å²) < 4.78 is 56.7. The van der Waals surface area contributed by atoms with Crippen molar-refractivity contribution in [3.05, 3.63) is 63.8 Å². The Morgan fingerprint density at radius 2 is 1.75 bits per heavy atom. The highest BCUT2D eigenvalue weighted by Gasteiger charge is 2.36. The van der Waals surface area contributed by atoms with Gasteiger partial charge >= 0.3 is 6.18 Å². The lowest BCUT2D eigenvalue weighted by molar-refractivity contribution is -0.136. The van der Waals surface area contributed by atoms with Crippen molar-refractivity contribution in [1.29, 1.82) is 0 Å². The third kappa shape index (κ3) is 3.84. The number of fused-ring (bicyclic) bond motifs is 3. The highest BCUT2D eigenvalue weighted by molar-refractivity contribution is 5.94. The molecular formula is C21H18ClF4N5O. The van der Waals surface area contributed by atoms with Crippen molar-refractivity contribution in [2.45, 2.75) is 24.9 Å². The molecule has 32 heavy (non-hydrogen) atoms. The van der Waals surface area contributed by atoms with E-state index < -0.39 is 23.1 Å². The number of aromatic nitrogens is 4. The summed E-state index contributed by atoms with van der Waals surface area (Å²) in [5, 5.41) is 7.32. The Bertz CT molecular complexity index is 1340. The first-order chi connectivity index (χ1) is 14.8. The van der Waals surface area contributed by atoms with Crippen LogP contribution in [0, 0.1) is 5.82 Å². The van der Waals surface area contributed by atoms with Crippen molar-refractivity contribution in [3.8, 4) is 11.3 Å². The summed E-state index contributed by atoms with van der Waals surface area (Å²) in [6, 6.07) is 7.34. The Kier molecular flexibility index (Phi) is 5.68. The minimum absolute atomic E-state index is 0. The minimum atomic E-state index is -4.71. The third-order valence-electron chi connectivity index (χ3n) is 5.61. The van der Waals surface area contributed by atoms with Gasteiger partial charge in [0.1, 0.15) is 11.5 Å². The van der Waals surface area contributed by atoms with E-state index in [-0.39, 0.29) is 40.7 Å². The van der Waals surface area contributed by atoms with Crippen LogP contribution in [-0.4, -0.2) is 32.7 Å². The van der Waals surface area contributed by atoms with Crippen LogP contribution in [-0.2, 0) is 6.18 Å². The van der Waals surface area contributed by atoms with Crippen LogP contribution in [0.4, 0.5) is 17.6 Å². The lowest BCUT2D eigenvalue weighted by Gasteiger charge is -2.23. The van der Waals surface area contributed by atoms with Crippen LogP contribution in [0.15, 0.2) is 41.2 Å². The maximum Gasteiger partial charge on any atom is 0.417 e. The molecule has 0 spiro atoms. The van der Waals surface area contributed by atoms with Gasteiger partial charge in [-0.05, 0) is 56.3 Å². The van der Waals surface area contributed by atoms with Crippen LogP contribution in [0.1, 0.15) is 30.0 Å². The van der Waals surface area contributed by atoms with Crippen molar-refractivity contribution in [1.82, 2.24) is 24.9 Å². The zero-order valence-corrected chi connectivity index (χ0v) is 17.4. The number of aromatic amines is 1. The fourth-order valence-electron chi connectivity index (χ4n) is 4.14. The number of nitrogens with zero attached hydrogens (tertiary/aromatic N) is 3. The number of H-pyrrole nitrogens is 1. The van der Waals surface area contributed by atoms with E-state index in [0.717, 1.165) is 44.1 Å². The van der Waals surface area contributed by atoms with Crippen LogP contribution in [0.5, 0.6) is 0 Å². The molecular weight excluding hydrogens is 450 g/mol. The molecule has 1 aliphatic heterocycles. The van der Waals surface area contributed by atoms with Crippen LogP contribution < -0.4 is 10.9 Å². The van der Waals surface area contributed by atoms with Gasteiger partial charge in [0.2, 0.25) is 0 Å². The van der Waals surface area contributed by atoms with Crippen molar-refractivity contribution < 1.29 is 17.6 Å². The van der Waals surface area contributed by atoms with Gasteiger partial charge in [-0.3, -0.25) is 4.79 Å². The maximum atomic E-state index is 14.0. The molecule has 0 amide bonds. The van der Waals surface area contributed by atoms with E-state index in [1.807, 2.05) is 0 Å². The molecule has 4 aromatic rings.